The number of aliphatic hydroxyl groups is 1. The van der Waals surface area contributed by atoms with Gasteiger partial charge in [0.2, 0.25) is 0 Å². The van der Waals surface area contributed by atoms with Crippen molar-refractivity contribution in [2.75, 3.05) is 19.7 Å². The van der Waals surface area contributed by atoms with Crippen LogP contribution in [0.2, 0.25) is 0 Å². The Labute approximate surface area is 118 Å². The highest BCUT2D eigenvalue weighted by Gasteiger charge is 2.04. The zero-order valence-electron chi connectivity index (χ0n) is 9.33. The lowest BCUT2D eigenvalue weighted by molar-refractivity contribution is 0.107. The van der Waals surface area contributed by atoms with E-state index in [0.29, 0.717) is 13.1 Å². The number of nitrogens with one attached hydrogen (secondary N) is 1. The van der Waals surface area contributed by atoms with E-state index in [4.69, 9.17) is 4.74 Å². The van der Waals surface area contributed by atoms with Crippen LogP contribution >= 0.6 is 31.9 Å². The van der Waals surface area contributed by atoms with Crippen molar-refractivity contribution in [2.24, 2.45) is 0 Å². The predicted molar refractivity (Wildman–Crippen MR) is 76.6 cm³/mol. The molecule has 2 N–H and O–H groups in total. The first-order valence-electron chi connectivity index (χ1n) is 5.18. The summed E-state index contributed by atoms with van der Waals surface area (Å²) in [6.07, 6.45) is -0.537. The van der Waals surface area contributed by atoms with Crippen molar-refractivity contribution >= 4 is 31.9 Å². The van der Waals surface area contributed by atoms with Crippen LogP contribution in [-0.2, 0) is 0 Å². The van der Waals surface area contributed by atoms with E-state index in [1.165, 1.54) is 0 Å². The highest BCUT2D eigenvalue weighted by atomic mass is 79.9. The van der Waals surface area contributed by atoms with Crippen LogP contribution in [0, 0.1) is 0 Å². The summed E-state index contributed by atoms with van der Waals surface area (Å²) in [6, 6.07) is 7.50. The van der Waals surface area contributed by atoms with Crippen molar-refractivity contribution in [2.45, 2.75) is 6.10 Å². The van der Waals surface area contributed by atoms with Gasteiger partial charge >= 0.3 is 0 Å². The predicted octanol–water partition coefficient (Wildman–Crippen LogP) is 2.69. The summed E-state index contributed by atoms with van der Waals surface area (Å²) in [4.78, 5) is 0. The molecule has 0 bridgehead atoms. The molecule has 1 aromatic carbocycles. The van der Waals surface area contributed by atoms with Gasteiger partial charge in [-0.1, -0.05) is 38.4 Å². The van der Waals surface area contributed by atoms with E-state index in [-0.39, 0.29) is 6.61 Å². The Morgan fingerprint density at radius 2 is 2.06 bits per heavy atom. The number of halogens is 2. The Balaban J connectivity index is 2.21. The van der Waals surface area contributed by atoms with Crippen LogP contribution in [-0.4, -0.2) is 30.9 Å². The van der Waals surface area contributed by atoms with Gasteiger partial charge in [0.05, 0.1) is 0 Å². The quantitative estimate of drug-likeness (QED) is 0.781. The number of benzene rings is 1. The highest BCUT2D eigenvalue weighted by Crippen LogP contribution is 2.16. The minimum atomic E-state index is -0.537. The van der Waals surface area contributed by atoms with Crippen LogP contribution in [0.4, 0.5) is 0 Å². The third-order valence-corrected chi connectivity index (χ3v) is 2.76. The maximum atomic E-state index is 9.64. The molecule has 0 heterocycles. The van der Waals surface area contributed by atoms with Gasteiger partial charge in [0.15, 0.2) is 0 Å². The minimum Gasteiger partial charge on any atom is -0.491 e. The van der Waals surface area contributed by atoms with E-state index >= 15 is 0 Å². The molecule has 0 aliphatic carbocycles. The maximum Gasteiger partial charge on any atom is 0.119 e. The van der Waals surface area contributed by atoms with Crippen molar-refractivity contribution in [3.63, 3.8) is 0 Å². The average molecular weight is 365 g/mol. The lowest BCUT2D eigenvalue weighted by Gasteiger charge is -2.13. The molecular formula is C12H15Br2NO2. The molecule has 3 nitrogen and oxygen atoms in total. The molecule has 0 aromatic heterocycles. The second-order valence-corrected chi connectivity index (χ2v) is 5.60. The summed E-state index contributed by atoms with van der Waals surface area (Å²) in [5, 5.41) is 12.7. The van der Waals surface area contributed by atoms with Gasteiger partial charge in [0.1, 0.15) is 18.5 Å². The molecule has 0 saturated heterocycles. The van der Waals surface area contributed by atoms with Crippen LogP contribution in [0.1, 0.15) is 0 Å². The SMILES string of the molecule is C=C(Br)CNCC(O)COc1ccc(Br)cc1. The average Bonchev–Trinajstić information content (AvgIpc) is 2.28. The molecule has 0 saturated carbocycles. The van der Waals surface area contributed by atoms with Crippen LogP contribution < -0.4 is 10.1 Å². The van der Waals surface area contributed by atoms with E-state index in [1.807, 2.05) is 24.3 Å². The Hall–Kier alpha value is -0.360. The fourth-order valence-electron chi connectivity index (χ4n) is 1.16. The molecule has 5 heteroatoms. The van der Waals surface area contributed by atoms with Crippen LogP contribution in [0.3, 0.4) is 0 Å². The second kappa shape index (κ2) is 7.87. The third kappa shape index (κ3) is 6.83. The number of ether oxygens (including phenoxy) is 1. The molecule has 17 heavy (non-hydrogen) atoms. The molecule has 0 aliphatic heterocycles. The first-order chi connectivity index (χ1) is 8.08. The minimum absolute atomic E-state index is 0.267. The molecule has 0 spiro atoms. The van der Waals surface area contributed by atoms with E-state index in [9.17, 15) is 5.11 Å². The van der Waals surface area contributed by atoms with Crippen LogP contribution in [0.5, 0.6) is 5.75 Å². The fraction of sp³-hybridized carbons (Fsp3) is 0.333. The van der Waals surface area contributed by atoms with Gasteiger partial charge in [-0.25, -0.2) is 0 Å². The second-order valence-electron chi connectivity index (χ2n) is 3.57. The van der Waals surface area contributed by atoms with E-state index < -0.39 is 6.10 Å². The topological polar surface area (TPSA) is 41.5 Å². The summed E-state index contributed by atoms with van der Waals surface area (Å²) in [7, 11) is 0. The van der Waals surface area contributed by atoms with Gasteiger partial charge in [-0.2, -0.15) is 0 Å². The molecule has 0 radical (unpaired) electrons. The van der Waals surface area contributed by atoms with E-state index in [2.05, 4.69) is 43.8 Å². The number of hydrogen-bond acceptors (Lipinski definition) is 3. The summed E-state index contributed by atoms with van der Waals surface area (Å²) in [5.74, 6) is 0.747. The number of aliphatic hydroxyl groups excluding tert-OH is 1. The Kier molecular flexibility index (Phi) is 6.80. The van der Waals surface area contributed by atoms with Gasteiger partial charge < -0.3 is 15.2 Å². The Morgan fingerprint density at radius 1 is 1.41 bits per heavy atom. The number of hydrogen-bond donors (Lipinski definition) is 2. The van der Waals surface area contributed by atoms with Crippen molar-refractivity contribution in [3.8, 4) is 5.75 Å². The lowest BCUT2D eigenvalue weighted by Crippen LogP contribution is -2.31. The van der Waals surface area contributed by atoms with Crippen molar-refractivity contribution in [3.05, 3.63) is 39.8 Å². The van der Waals surface area contributed by atoms with Crippen molar-refractivity contribution in [1.29, 1.82) is 0 Å². The monoisotopic (exact) mass is 363 g/mol. The van der Waals surface area contributed by atoms with Gasteiger partial charge in [0, 0.05) is 22.0 Å². The first kappa shape index (κ1) is 14.7. The third-order valence-electron chi connectivity index (χ3n) is 1.95. The largest absolute Gasteiger partial charge is 0.491 e. The van der Waals surface area contributed by atoms with Gasteiger partial charge in [-0.3, -0.25) is 0 Å². The lowest BCUT2D eigenvalue weighted by atomic mass is 10.3. The highest BCUT2D eigenvalue weighted by molar-refractivity contribution is 9.11. The number of rotatable bonds is 7. The normalized spacial score (nSPS) is 12.2. The molecule has 0 fully saturated rings. The summed E-state index contributed by atoms with van der Waals surface area (Å²) >= 11 is 6.58. The Morgan fingerprint density at radius 3 is 2.65 bits per heavy atom. The zero-order valence-corrected chi connectivity index (χ0v) is 12.5. The van der Waals surface area contributed by atoms with Gasteiger partial charge in [-0.15, -0.1) is 0 Å². The standard InChI is InChI=1S/C12H15Br2NO2/c1-9(13)6-15-7-11(16)8-17-12-4-2-10(14)3-5-12/h2-5,11,15-16H,1,6-8H2. The molecule has 0 amide bonds. The van der Waals surface area contributed by atoms with Crippen LogP contribution in [0.25, 0.3) is 0 Å². The molecular weight excluding hydrogens is 350 g/mol. The summed E-state index contributed by atoms with van der Waals surface area (Å²) in [6.45, 7) is 5.07. The molecule has 0 aliphatic rings. The smallest absolute Gasteiger partial charge is 0.119 e. The molecule has 1 rings (SSSR count). The zero-order chi connectivity index (χ0) is 12.7. The van der Waals surface area contributed by atoms with Crippen LogP contribution in [0.15, 0.2) is 39.8 Å². The summed E-state index contributed by atoms with van der Waals surface area (Å²) in [5.41, 5.74) is 0. The molecule has 1 aromatic rings. The van der Waals surface area contributed by atoms with E-state index in [0.717, 1.165) is 14.7 Å². The molecule has 1 atom stereocenters. The van der Waals surface area contributed by atoms with Gasteiger partial charge in [0.25, 0.3) is 0 Å². The van der Waals surface area contributed by atoms with E-state index in [1.54, 1.807) is 0 Å². The fourth-order valence-corrected chi connectivity index (χ4v) is 1.62. The van der Waals surface area contributed by atoms with Crippen molar-refractivity contribution in [1.82, 2.24) is 5.32 Å². The molecule has 1 unspecified atom stereocenters. The van der Waals surface area contributed by atoms with Crippen molar-refractivity contribution < 1.29 is 9.84 Å². The first-order valence-corrected chi connectivity index (χ1v) is 6.77. The molecule has 94 valence electrons. The maximum absolute atomic E-state index is 9.64. The Bertz CT molecular complexity index is 354. The van der Waals surface area contributed by atoms with Gasteiger partial charge in [-0.05, 0) is 24.3 Å². The summed E-state index contributed by atoms with van der Waals surface area (Å²) < 4.78 is 7.30.